The lowest BCUT2D eigenvalue weighted by molar-refractivity contribution is 0.208. The molecule has 4 nitrogen and oxygen atoms in total. The number of halogens is 2. The molecule has 1 atom stereocenters. The molecule has 1 saturated heterocycles. The van der Waals surface area contributed by atoms with Gasteiger partial charge in [0, 0.05) is 6.54 Å². The van der Waals surface area contributed by atoms with Gasteiger partial charge in [0.05, 0.1) is 24.6 Å². The second-order valence-corrected chi connectivity index (χ2v) is 6.82. The second-order valence-electron chi connectivity index (χ2n) is 5.84. The van der Waals surface area contributed by atoms with Crippen molar-refractivity contribution in [3.8, 4) is 0 Å². The highest BCUT2D eigenvalue weighted by molar-refractivity contribution is 7.98. The summed E-state index contributed by atoms with van der Waals surface area (Å²) in [4.78, 5) is 2.43. The Balaban J connectivity index is 1.50. The van der Waals surface area contributed by atoms with Crippen LogP contribution in [0.3, 0.4) is 0 Å². The minimum atomic E-state index is -2.37. The first kappa shape index (κ1) is 17.5. The van der Waals surface area contributed by atoms with Gasteiger partial charge in [-0.3, -0.25) is 4.90 Å². The highest BCUT2D eigenvalue weighted by Gasteiger charge is 2.25. The summed E-state index contributed by atoms with van der Waals surface area (Å²) in [6.45, 7) is 3.51. The Bertz CT molecular complexity index is 598. The third-order valence-electron chi connectivity index (χ3n) is 4.16. The van der Waals surface area contributed by atoms with Crippen LogP contribution >= 0.6 is 11.8 Å². The number of nitrogens with zero attached hydrogens (tertiary/aromatic N) is 1. The Kier molecular flexibility index (Phi) is 6.34. The Hall–Kier alpha value is -1.31. The highest BCUT2D eigenvalue weighted by Crippen LogP contribution is 2.25. The smallest absolute Gasteiger partial charge is 0.284 e. The Labute approximate surface area is 144 Å². The molecule has 0 radical (unpaired) electrons. The van der Waals surface area contributed by atoms with Crippen LogP contribution in [0.5, 0.6) is 0 Å². The lowest BCUT2D eigenvalue weighted by Crippen LogP contribution is -2.33. The van der Waals surface area contributed by atoms with Crippen molar-refractivity contribution in [3.05, 3.63) is 47.8 Å². The summed E-state index contributed by atoms with van der Waals surface area (Å²) < 4.78 is 35.6. The molecule has 1 aliphatic heterocycles. The van der Waals surface area contributed by atoms with Crippen LogP contribution in [0.4, 0.5) is 8.78 Å². The number of furan rings is 2. The molecule has 0 aliphatic carbocycles. The topological polar surface area (TPSA) is 41.6 Å². The fraction of sp³-hybridized carbons (Fsp3) is 0.529. The van der Waals surface area contributed by atoms with E-state index in [4.69, 9.17) is 8.83 Å². The molecule has 3 rings (SSSR count). The molecular formula is C17H22F2N2O2S. The van der Waals surface area contributed by atoms with Crippen molar-refractivity contribution >= 4 is 11.8 Å². The lowest BCUT2D eigenvalue weighted by atomic mass is 10.2. The monoisotopic (exact) mass is 356 g/mol. The minimum Gasteiger partial charge on any atom is -0.468 e. The summed E-state index contributed by atoms with van der Waals surface area (Å²) >= 11 is 0.575. The van der Waals surface area contributed by atoms with E-state index in [-0.39, 0.29) is 11.8 Å². The Morgan fingerprint density at radius 2 is 1.96 bits per heavy atom. The maximum absolute atomic E-state index is 12.2. The van der Waals surface area contributed by atoms with Crippen molar-refractivity contribution in [1.82, 2.24) is 10.2 Å². The van der Waals surface area contributed by atoms with Gasteiger partial charge >= 0.3 is 0 Å². The third kappa shape index (κ3) is 4.84. The predicted octanol–water partition coefficient (Wildman–Crippen LogP) is 4.26. The maximum atomic E-state index is 12.2. The quantitative estimate of drug-likeness (QED) is 0.727. The van der Waals surface area contributed by atoms with Crippen LogP contribution in [0.15, 0.2) is 39.4 Å². The average Bonchev–Trinajstić information content (AvgIpc) is 3.32. The normalized spacial score (nSPS) is 17.0. The number of alkyl halides is 2. The van der Waals surface area contributed by atoms with Crippen molar-refractivity contribution in [2.75, 3.05) is 19.6 Å². The van der Waals surface area contributed by atoms with Gasteiger partial charge in [-0.05, 0) is 50.2 Å². The van der Waals surface area contributed by atoms with E-state index < -0.39 is 5.76 Å². The standard InChI is InChI=1S/C17H22F2N2O2S/c18-17(19)24-12-14-6-5-13(23-14)10-20-11-15(16-4-3-9-22-16)21-7-1-2-8-21/h3-6,9,15,17,20H,1-2,7-8,10-12H2. The van der Waals surface area contributed by atoms with Gasteiger partial charge in [0.15, 0.2) is 0 Å². The van der Waals surface area contributed by atoms with Gasteiger partial charge in [-0.1, -0.05) is 11.8 Å². The second kappa shape index (κ2) is 8.69. The molecule has 132 valence electrons. The largest absolute Gasteiger partial charge is 0.468 e. The molecule has 1 fully saturated rings. The molecule has 0 spiro atoms. The lowest BCUT2D eigenvalue weighted by Gasteiger charge is -2.25. The number of thioether (sulfide) groups is 1. The van der Waals surface area contributed by atoms with E-state index in [1.165, 1.54) is 12.8 Å². The summed E-state index contributed by atoms with van der Waals surface area (Å²) in [7, 11) is 0. The molecule has 0 amide bonds. The first-order chi connectivity index (χ1) is 11.7. The number of hydrogen-bond donors (Lipinski definition) is 1. The van der Waals surface area contributed by atoms with E-state index in [2.05, 4.69) is 10.2 Å². The molecule has 0 saturated carbocycles. The molecule has 1 aliphatic rings. The number of hydrogen-bond acceptors (Lipinski definition) is 5. The third-order valence-corrected chi connectivity index (χ3v) is 4.86. The average molecular weight is 356 g/mol. The zero-order valence-corrected chi connectivity index (χ0v) is 14.2. The molecule has 0 aromatic carbocycles. The number of likely N-dealkylation sites (tertiary alicyclic amines) is 1. The van der Waals surface area contributed by atoms with Crippen molar-refractivity contribution in [3.63, 3.8) is 0 Å². The summed E-state index contributed by atoms with van der Waals surface area (Å²) in [5, 5.41) is 3.39. The SMILES string of the molecule is FC(F)SCc1ccc(CNCC(c2ccco2)N2CCCC2)o1. The fourth-order valence-electron chi connectivity index (χ4n) is 3.02. The number of rotatable bonds is 9. The van der Waals surface area contributed by atoms with Gasteiger partial charge in [-0.2, -0.15) is 8.78 Å². The van der Waals surface area contributed by atoms with Crippen LogP contribution in [0.25, 0.3) is 0 Å². The first-order valence-corrected chi connectivity index (χ1v) is 9.23. The van der Waals surface area contributed by atoms with Crippen molar-refractivity contribution in [2.24, 2.45) is 0 Å². The predicted molar refractivity (Wildman–Crippen MR) is 90.0 cm³/mol. The van der Waals surface area contributed by atoms with E-state index in [0.717, 1.165) is 31.2 Å². The summed E-state index contributed by atoms with van der Waals surface area (Å²) in [5.41, 5.74) is 0. The van der Waals surface area contributed by atoms with Crippen molar-refractivity contribution in [2.45, 2.75) is 36.9 Å². The van der Waals surface area contributed by atoms with Crippen LogP contribution in [0.1, 0.15) is 36.2 Å². The van der Waals surface area contributed by atoms with Crippen molar-refractivity contribution in [1.29, 1.82) is 0 Å². The van der Waals surface area contributed by atoms with E-state index in [0.29, 0.717) is 24.1 Å². The van der Waals surface area contributed by atoms with Crippen LogP contribution < -0.4 is 5.32 Å². The van der Waals surface area contributed by atoms with E-state index in [9.17, 15) is 8.78 Å². The molecule has 1 unspecified atom stereocenters. The Morgan fingerprint density at radius 1 is 1.17 bits per heavy atom. The summed E-state index contributed by atoms with van der Waals surface area (Å²) in [6.07, 6.45) is 4.15. The van der Waals surface area contributed by atoms with Crippen molar-refractivity contribution < 1.29 is 17.6 Å². The molecule has 0 bridgehead atoms. The van der Waals surface area contributed by atoms with Gasteiger partial charge in [-0.15, -0.1) is 0 Å². The van der Waals surface area contributed by atoms with E-state index >= 15 is 0 Å². The van der Waals surface area contributed by atoms with Gasteiger partial charge in [-0.25, -0.2) is 0 Å². The van der Waals surface area contributed by atoms with Crippen LogP contribution in [0.2, 0.25) is 0 Å². The fourth-order valence-corrected chi connectivity index (χ4v) is 3.46. The van der Waals surface area contributed by atoms with Crippen LogP contribution in [-0.2, 0) is 12.3 Å². The highest BCUT2D eigenvalue weighted by atomic mass is 32.2. The number of nitrogens with one attached hydrogen (secondary N) is 1. The molecule has 2 aromatic rings. The minimum absolute atomic E-state index is 0.195. The zero-order chi connectivity index (χ0) is 16.8. The molecule has 2 aromatic heterocycles. The van der Waals surface area contributed by atoms with Crippen LogP contribution in [0, 0.1) is 0 Å². The maximum Gasteiger partial charge on any atom is 0.284 e. The zero-order valence-electron chi connectivity index (χ0n) is 13.4. The van der Waals surface area contributed by atoms with E-state index in [1.54, 1.807) is 12.3 Å². The molecule has 24 heavy (non-hydrogen) atoms. The molecule has 3 heterocycles. The molecule has 7 heteroatoms. The molecular weight excluding hydrogens is 334 g/mol. The van der Waals surface area contributed by atoms with Gasteiger partial charge < -0.3 is 14.2 Å². The van der Waals surface area contributed by atoms with Gasteiger partial charge in [0.25, 0.3) is 5.76 Å². The van der Waals surface area contributed by atoms with Crippen LogP contribution in [-0.4, -0.2) is 30.3 Å². The molecule has 1 N–H and O–H groups in total. The summed E-state index contributed by atoms with van der Waals surface area (Å²) in [6, 6.07) is 7.74. The van der Waals surface area contributed by atoms with E-state index in [1.807, 2.05) is 18.2 Å². The summed E-state index contributed by atoms with van der Waals surface area (Å²) in [5.74, 6) is 0.142. The van der Waals surface area contributed by atoms with Gasteiger partial charge in [0.2, 0.25) is 0 Å². The first-order valence-electron chi connectivity index (χ1n) is 8.18. The van der Waals surface area contributed by atoms with Gasteiger partial charge in [0.1, 0.15) is 17.3 Å². The Morgan fingerprint density at radius 3 is 2.67 bits per heavy atom.